The Kier molecular flexibility index (Phi) is 3.83. The number of aliphatic hydroxyl groups is 1. The molecule has 0 aliphatic carbocycles. The molecule has 0 amide bonds. The molecule has 0 aromatic carbocycles. The van der Waals surface area contributed by atoms with E-state index in [0.717, 1.165) is 32.6 Å². The smallest absolute Gasteiger partial charge is 0.0622 e. The number of ether oxygens (including phenoxy) is 1. The molecule has 0 radical (unpaired) electrons. The molecule has 0 bridgehead atoms. The second kappa shape index (κ2) is 4.70. The van der Waals surface area contributed by atoms with Gasteiger partial charge in [-0.3, -0.25) is 0 Å². The summed E-state index contributed by atoms with van der Waals surface area (Å²) in [6, 6.07) is 0.419. The minimum absolute atomic E-state index is 0.262. The maximum absolute atomic E-state index is 8.75. The molecule has 1 atom stereocenters. The van der Waals surface area contributed by atoms with Gasteiger partial charge in [-0.1, -0.05) is 0 Å². The Bertz CT molecular complexity index is 108. The highest BCUT2D eigenvalue weighted by Gasteiger charge is 2.16. The number of nitrogens with zero attached hydrogens (tertiary/aromatic N) is 1. The molecule has 1 aliphatic heterocycles. The fourth-order valence-electron chi connectivity index (χ4n) is 1.40. The normalized spacial score (nSPS) is 28.4. The lowest BCUT2D eigenvalue weighted by Crippen LogP contribution is -2.34. The van der Waals surface area contributed by atoms with E-state index in [-0.39, 0.29) is 6.61 Å². The van der Waals surface area contributed by atoms with Crippen molar-refractivity contribution >= 4 is 0 Å². The third-order valence-corrected chi connectivity index (χ3v) is 2.20. The Balaban J connectivity index is 2.32. The molecular weight excluding hydrogens is 142 g/mol. The van der Waals surface area contributed by atoms with Gasteiger partial charge in [0.05, 0.1) is 6.61 Å². The van der Waals surface area contributed by atoms with E-state index in [2.05, 4.69) is 11.9 Å². The molecule has 3 heteroatoms. The highest BCUT2D eigenvalue weighted by molar-refractivity contribution is 4.70. The maximum Gasteiger partial charge on any atom is 0.0622 e. The van der Waals surface area contributed by atoms with Gasteiger partial charge < -0.3 is 14.7 Å². The van der Waals surface area contributed by atoms with Gasteiger partial charge in [0.1, 0.15) is 0 Å². The van der Waals surface area contributed by atoms with Gasteiger partial charge in [0.15, 0.2) is 0 Å². The summed E-state index contributed by atoms with van der Waals surface area (Å²) in [5.74, 6) is 0. The van der Waals surface area contributed by atoms with Crippen molar-refractivity contribution < 1.29 is 9.84 Å². The summed E-state index contributed by atoms with van der Waals surface area (Å²) in [4.78, 5) is 2.27. The van der Waals surface area contributed by atoms with Gasteiger partial charge >= 0.3 is 0 Å². The lowest BCUT2D eigenvalue weighted by molar-refractivity contribution is 0.0947. The zero-order chi connectivity index (χ0) is 8.10. The van der Waals surface area contributed by atoms with Crippen molar-refractivity contribution in [1.82, 2.24) is 4.90 Å². The van der Waals surface area contributed by atoms with Crippen LogP contribution in [-0.4, -0.2) is 49.5 Å². The van der Waals surface area contributed by atoms with Crippen LogP contribution >= 0.6 is 0 Å². The molecule has 1 aliphatic rings. The summed E-state index contributed by atoms with van der Waals surface area (Å²) in [7, 11) is 2.09. The molecule has 1 heterocycles. The Hall–Kier alpha value is -0.120. The molecule has 0 aromatic heterocycles. The molecule has 11 heavy (non-hydrogen) atoms. The number of rotatable bonds is 2. The minimum atomic E-state index is 0.262. The van der Waals surface area contributed by atoms with Crippen molar-refractivity contribution in [3.8, 4) is 0 Å². The molecule has 1 saturated heterocycles. The molecule has 1 rings (SSSR count). The largest absolute Gasteiger partial charge is 0.396 e. The second-order valence-corrected chi connectivity index (χ2v) is 3.08. The fraction of sp³-hybridized carbons (Fsp3) is 1.00. The third kappa shape index (κ3) is 2.77. The van der Waals surface area contributed by atoms with Crippen LogP contribution in [0.4, 0.5) is 0 Å². The monoisotopic (exact) mass is 159 g/mol. The molecule has 1 unspecified atom stereocenters. The van der Waals surface area contributed by atoms with Gasteiger partial charge in [-0.15, -0.1) is 0 Å². The lowest BCUT2D eigenvalue weighted by Gasteiger charge is -2.23. The van der Waals surface area contributed by atoms with Crippen LogP contribution in [0.3, 0.4) is 0 Å². The summed E-state index contributed by atoms with van der Waals surface area (Å²) in [6.07, 6.45) is 1.94. The van der Waals surface area contributed by atoms with Crippen LogP contribution in [0.2, 0.25) is 0 Å². The van der Waals surface area contributed by atoms with Gasteiger partial charge in [-0.2, -0.15) is 0 Å². The van der Waals surface area contributed by atoms with Crippen LogP contribution in [0.1, 0.15) is 12.8 Å². The van der Waals surface area contributed by atoms with E-state index in [9.17, 15) is 0 Å². The third-order valence-electron chi connectivity index (χ3n) is 2.20. The van der Waals surface area contributed by atoms with Crippen molar-refractivity contribution in [2.75, 3.05) is 33.4 Å². The summed E-state index contributed by atoms with van der Waals surface area (Å²) < 4.78 is 5.38. The van der Waals surface area contributed by atoms with Crippen molar-refractivity contribution in [3.05, 3.63) is 0 Å². The minimum Gasteiger partial charge on any atom is -0.396 e. The summed E-state index contributed by atoms with van der Waals surface area (Å²) in [5.41, 5.74) is 0. The predicted octanol–water partition coefficient (Wildman–Crippen LogP) is 0.0895. The van der Waals surface area contributed by atoms with E-state index >= 15 is 0 Å². The van der Waals surface area contributed by atoms with Crippen molar-refractivity contribution in [1.29, 1.82) is 0 Å². The summed E-state index contributed by atoms with van der Waals surface area (Å²) in [6.45, 7) is 2.99. The molecule has 1 N–H and O–H groups in total. The Morgan fingerprint density at radius 2 is 2.45 bits per heavy atom. The number of likely N-dealkylation sites (N-methyl/N-ethyl adjacent to an activating group) is 1. The van der Waals surface area contributed by atoms with Crippen LogP contribution in [0, 0.1) is 0 Å². The second-order valence-electron chi connectivity index (χ2n) is 3.08. The van der Waals surface area contributed by atoms with Gasteiger partial charge in [0.2, 0.25) is 0 Å². The average Bonchev–Trinajstić information content (AvgIpc) is 2.18. The molecule has 0 aromatic rings. The standard InChI is InChI=1S/C8H17NO2/c1-9-4-2-6-11-7-8(9)3-5-10/h8,10H,2-7H2,1H3. The maximum atomic E-state index is 8.75. The average molecular weight is 159 g/mol. The number of aliphatic hydroxyl groups excluding tert-OH is 1. The van der Waals surface area contributed by atoms with E-state index < -0.39 is 0 Å². The molecule has 0 saturated carbocycles. The van der Waals surface area contributed by atoms with E-state index in [1.54, 1.807) is 0 Å². The van der Waals surface area contributed by atoms with Gasteiger partial charge in [-0.05, 0) is 19.9 Å². The lowest BCUT2D eigenvalue weighted by atomic mass is 10.2. The van der Waals surface area contributed by atoms with Crippen LogP contribution < -0.4 is 0 Å². The fourth-order valence-corrected chi connectivity index (χ4v) is 1.40. The number of hydrogen-bond donors (Lipinski definition) is 1. The van der Waals surface area contributed by atoms with Crippen LogP contribution in [0.5, 0.6) is 0 Å². The van der Waals surface area contributed by atoms with Crippen molar-refractivity contribution in [3.63, 3.8) is 0 Å². The summed E-state index contributed by atoms with van der Waals surface area (Å²) in [5, 5.41) is 8.75. The Labute approximate surface area is 68.0 Å². The van der Waals surface area contributed by atoms with Gasteiger partial charge in [-0.25, -0.2) is 0 Å². The first-order chi connectivity index (χ1) is 5.34. The highest BCUT2D eigenvalue weighted by atomic mass is 16.5. The zero-order valence-electron chi connectivity index (χ0n) is 7.12. The van der Waals surface area contributed by atoms with Gasteiger partial charge in [0.25, 0.3) is 0 Å². The Morgan fingerprint density at radius 1 is 1.64 bits per heavy atom. The predicted molar refractivity (Wildman–Crippen MR) is 43.6 cm³/mol. The van der Waals surface area contributed by atoms with Crippen molar-refractivity contribution in [2.45, 2.75) is 18.9 Å². The first kappa shape index (κ1) is 8.97. The molecular formula is C8H17NO2. The van der Waals surface area contributed by atoms with Crippen LogP contribution in [-0.2, 0) is 4.74 Å². The topological polar surface area (TPSA) is 32.7 Å². The van der Waals surface area contributed by atoms with E-state index in [1.165, 1.54) is 0 Å². The SMILES string of the molecule is CN1CCCOCC1CCO. The Morgan fingerprint density at radius 3 is 3.18 bits per heavy atom. The zero-order valence-corrected chi connectivity index (χ0v) is 7.12. The van der Waals surface area contributed by atoms with Crippen LogP contribution in [0.15, 0.2) is 0 Å². The quantitative estimate of drug-likeness (QED) is 0.620. The molecule has 0 spiro atoms. The summed E-state index contributed by atoms with van der Waals surface area (Å²) >= 11 is 0. The molecule has 66 valence electrons. The molecule has 3 nitrogen and oxygen atoms in total. The van der Waals surface area contributed by atoms with E-state index in [4.69, 9.17) is 9.84 Å². The van der Waals surface area contributed by atoms with E-state index in [1.807, 2.05) is 0 Å². The highest BCUT2D eigenvalue weighted by Crippen LogP contribution is 2.07. The number of hydrogen-bond acceptors (Lipinski definition) is 3. The molecule has 1 fully saturated rings. The van der Waals surface area contributed by atoms with Gasteiger partial charge in [0, 0.05) is 25.8 Å². The first-order valence-corrected chi connectivity index (χ1v) is 4.23. The van der Waals surface area contributed by atoms with Crippen LogP contribution in [0.25, 0.3) is 0 Å². The first-order valence-electron chi connectivity index (χ1n) is 4.23. The van der Waals surface area contributed by atoms with E-state index in [0.29, 0.717) is 6.04 Å². The van der Waals surface area contributed by atoms with Crippen molar-refractivity contribution in [2.24, 2.45) is 0 Å².